The van der Waals surface area contributed by atoms with Crippen molar-refractivity contribution in [2.75, 3.05) is 32.8 Å². The van der Waals surface area contributed by atoms with E-state index in [-0.39, 0.29) is 73.5 Å². The molecule has 7 N–H and O–H groups in total. The lowest BCUT2D eigenvalue weighted by Crippen LogP contribution is -2.61. The molecule has 25 heteroatoms. The quantitative estimate of drug-likeness (QED) is 0.0247. The zero-order valence-corrected chi connectivity index (χ0v) is 56.1. The number of aromatic nitrogens is 1. The lowest BCUT2D eigenvalue weighted by atomic mass is 9.83. The molecule has 20 nitrogen and oxygen atoms in total. The average molecular weight is 1340 g/mol. The number of ether oxygens (including phenoxy) is 1. The normalized spacial score (nSPS) is 18.9. The SMILES string of the molecule is Cc1ncsc1-c1ccc([C@H](C)NC(=O)[C@@H]2C[C@@H](O)CN2C(=O)[C@@H](NC(=O)CCCCCNC(=O)COc2ccc3c(c2)CN(C(=O)[C@@H](NC(=O)c2cc4cc(C(F)(F)P(=O)(O)O)ccc4s2)C(C)(C)C)[C@H](C(=O)N2CCC[C@H](c4ccccc4)C2)C3)C(C)(C)C)cc1. The number of carbonyl (C=O) groups excluding carboxylic acids is 7. The molecule has 2 fully saturated rings. The molecule has 2 saturated heterocycles. The summed E-state index contributed by atoms with van der Waals surface area (Å²) in [5, 5.41) is 22.5. The van der Waals surface area contributed by atoms with E-state index < -0.39 is 95.5 Å². The van der Waals surface area contributed by atoms with Gasteiger partial charge in [0.2, 0.25) is 29.5 Å². The number of hydrogen-bond donors (Lipinski definition) is 7. The van der Waals surface area contributed by atoms with Crippen LogP contribution in [0, 0.1) is 17.8 Å². The Morgan fingerprint density at radius 2 is 1.48 bits per heavy atom. The third kappa shape index (κ3) is 16.7. The number of aliphatic hydroxyl groups excluding tert-OH is 1. The van der Waals surface area contributed by atoms with Gasteiger partial charge in [0, 0.05) is 68.2 Å². The first kappa shape index (κ1) is 69.9. The predicted octanol–water partition coefficient (Wildman–Crippen LogP) is 9.49. The molecule has 0 saturated carbocycles. The zero-order chi connectivity index (χ0) is 67.3. The number of nitrogens with zero attached hydrogens (tertiary/aromatic N) is 4. The summed E-state index contributed by atoms with van der Waals surface area (Å²) in [6.45, 7) is 15.4. The van der Waals surface area contributed by atoms with Gasteiger partial charge in [-0.1, -0.05) is 115 Å². The number of aliphatic hydroxyl groups is 1. The first-order valence-corrected chi connectivity index (χ1v) is 34.7. The lowest BCUT2D eigenvalue weighted by molar-refractivity contribution is -0.150. The molecular weight excluding hydrogens is 1250 g/mol. The Bertz CT molecular complexity index is 3770. The third-order valence-electron chi connectivity index (χ3n) is 17.6. The summed E-state index contributed by atoms with van der Waals surface area (Å²) in [6.07, 6.45) is 2.57. The molecule has 7 amide bonds. The number of carbonyl (C=O) groups is 7. The average Bonchev–Trinajstić information content (AvgIpc) is 1.61. The fourth-order valence-corrected chi connectivity index (χ4v) is 14.5. The van der Waals surface area contributed by atoms with Crippen molar-refractivity contribution in [3.05, 3.63) is 141 Å². The van der Waals surface area contributed by atoms with Crippen LogP contribution in [0.1, 0.15) is 149 Å². The van der Waals surface area contributed by atoms with Gasteiger partial charge >= 0.3 is 13.3 Å². The molecule has 93 heavy (non-hydrogen) atoms. The molecule has 7 atom stereocenters. The predicted molar refractivity (Wildman–Crippen MR) is 351 cm³/mol. The monoisotopic (exact) mass is 1340 g/mol. The number of thiophene rings is 1. The number of hydrogen-bond acceptors (Lipinski definition) is 13. The number of unbranched alkanes of at least 4 members (excludes halogenated alkanes) is 2. The number of nitrogens with one attached hydrogen (secondary N) is 4. The van der Waals surface area contributed by atoms with E-state index in [1.165, 1.54) is 21.9 Å². The Balaban J connectivity index is 0.786. The van der Waals surface area contributed by atoms with Crippen LogP contribution in [-0.2, 0) is 52.0 Å². The van der Waals surface area contributed by atoms with Gasteiger partial charge in [-0.25, -0.2) is 4.98 Å². The van der Waals surface area contributed by atoms with E-state index in [4.69, 9.17) is 4.74 Å². The number of β-amino-alcohol motifs (C(OH)–C–C–N with tert-alkyl or cyclic N) is 1. The van der Waals surface area contributed by atoms with Crippen LogP contribution in [-0.4, -0.2) is 139 Å². The van der Waals surface area contributed by atoms with E-state index in [2.05, 4.69) is 26.3 Å². The molecule has 9 rings (SSSR count). The Morgan fingerprint density at radius 1 is 0.785 bits per heavy atom. The second-order valence-electron chi connectivity index (χ2n) is 26.7. The fraction of sp³-hybridized carbons (Fsp3) is 0.471. The van der Waals surface area contributed by atoms with Crippen LogP contribution in [0.25, 0.3) is 20.5 Å². The number of halogens is 2. The van der Waals surface area contributed by atoms with Crippen molar-refractivity contribution in [2.24, 2.45) is 10.8 Å². The van der Waals surface area contributed by atoms with Gasteiger partial charge in [-0.05, 0) is 114 Å². The minimum atomic E-state index is -5.87. The summed E-state index contributed by atoms with van der Waals surface area (Å²) in [7, 11) is -5.87. The Hall–Kier alpha value is -7.47. The molecule has 0 bridgehead atoms. The number of rotatable bonds is 22. The van der Waals surface area contributed by atoms with Gasteiger partial charge in [0.25, 0.3) is 11.8 Å². The van der Waals surface area contributed by atoms with E-state index in [1.807, 2.05) is 95.3 Å². The topological polar surface area (TPSA) is 277 Å². The Morgan fingerprint density at radius 3 is 2.16 bits per heavy atom. The van der Waals surface area contributed by atoms with Crippen molar-refractivity contribution in [3.63, 3.8) is 0 Å². The highest BCUT2D eigenvalue weighted by molar-refractivity contribution is 7.52. The first-order chi connectivity index (χ1) is 43.9. The van der Waals surface area contributed by atoms with Crippen LogP contribution in [0.5, 0.6) is 5.75 Å². The van der Waals surface area contributed by atoms with Gasteiger partial charge in [0.1, 0.15) is 29.9 Å². The van der Waals surface area contributed by atoms with Crippen LogP contribution < -0.4 is 26.0 Å². The van der Waals surface area contributed by atoms with Crippen LogP contribution in [0.4, 0.5) is 8.78 Å². The summed E-state index contributed by atoms with van der Waals surface area (Å²) in [4.78, 5) is 128. The van der Waals surface area contributed by atoms with Gasteiger partial charge in [0.15, 0.2) is 6.61 Å². The van der Waals surface area contributed by atoms with Crippen LogP contribution in [0.3, 0.4) is 0 Å². The summed E-state index contributed by atoms with van der Waals surface area (Å²) in [5.74, 6) is -2.68. The maximum Gasteiger partial charge on any atom is 0.399 e. The van der Waals surface area contributed by atoms with Crippen LogP contribution in [0.2, 0.25) is 0 Å². The smallest absolute Gasteiger partial charge is 0.399 e. The summed E-state index contributed by atoms with van der Waals surface area (Å²) in [6, 6.07) is 22.9. The molecule has 0 aliphatic carbocycles. The largest absolute Gasteiger partial charge is 0.484 e. The van der Waals surface area contributed by atoms with Gasteiger partial charge in [-0.3, -0.25) is 38.1 Å². The lowest BCUT2D eigenvalue weighted by Gasteiger charge is -2.43. The summed E-state index contributed by atoms with van der Waals surface area (Å²) in [5.41, 5.74) is 0.117. The number of benzene rings is 4. The number of thiazole rings is 1. The summed E-state index contributed by atoms with van der Waals surface area (Å²) >= 11 is 2.50. The molecule has 3 aliphatic heterocycles. The summed E-state index contributed by atoms with van der Waals surface area (Å²) < 4.78 is 47.5. The molecule has 0 spiro atoms. The molecule has 3 aliphatic rings. The molecule has 0 unspecified atom stereocenters. The van der Waals surface area contributed by atoms with Gasteiger partial charge in [-0.2, -0.15) is 8.78 Å². The number of piperidine rings is 1. The molecule has 2 aromatic heterocycles. The van der Waals surface area contributed by atoms with Gasteiger partial charge in [0.05, 0.1) is 33.1 Å². The van der Waals surface area contributed by atoms with Crippen LogP contribution >= 0.6 is 30.3 Å². The van der Waals surface area contributed by atoms with E-state index in [9.17, 15) is 57.0 Å². The zero-order valence-electron chi connectivity index (χ0n) is 53.6. The van der Waals surface area contributed by atoms with Crippen molar-refractivity contribution in [1.29, 1.82) is 0 Å². The fourth-order valence-electron chi connectivity index (χ4n) is 12.3. The highest BCUT2D eigenvalue weighted by Crippen LogP contribution is 2.59. The van der Waals surface area contributed by atoms with Crippen molar-refractivity contribution < 1.29 is 66.5 Å². The Labute approximate surface area is 548 Å². The number of fused-ring (bicyclic) bond motifs is 2. The minimum Gasteiger partial charge on any atom is -0.484 e. The van der Waals surface area contributed by atoms with E-state index in [0.717, 1.165) is 69.1 Å². The van der Waals surface area contributed by atoms with E-state index in [1.54, 1.807) is 54.7 Å². The molecular formula is C68H83F2N8O12PS2. The molecule has 0 radical (unpaired) electrons. The maximum absolute atomic E-state index is 15.3. The number of alkyl halides is 2. The third-order valence-corrected chi connectivity index (χ3v) is 20.6. The molecule has 498 valence electrons. The minimum absolute atomic E-state index is 0.0512. The van der Waals surface area contributed by atoms with Crippen molar-refractivity contribution in [3.8, 4) is 16.2 Å². The maximum atomic E-state index is 15.3. The second-order valence-corrected chi connectivity index (χ2v) is 30.3. The van der Waals surface area contributed by atoms with Crippen molar-refractivity contribution >= 4 is 81.7 Å². The van der Waals surface area contributed by atoms with Crippen molar-refractivity contribution in [2.45, 2.75) is 161 Å². The highest BCUT2D eigenvalue weighted by Gasteiger charge is 2.51. The first-order valence-electron chi connectivity index (χ1n) is 31.4. The van der Waals surface area contributed by atoms with Gasteiger partial charge < -0.3 is 55.6 Å². The number of likely N-dealkylation sites (tertiary alicyclic amines) is 2. The molecule has 5 heterocycles. The Kier molecular flexibility index (Phi) is 21.8. The molecule has 4 aromatic carbocycles. The number of amides is 7. The van der Waals surface area contributed by atoms with Gasteiger partial charge in [-0.15, -0.1) is 22.7 Å². The van der Waals surface area contributed by atoms with E-state index in [0.29, 0.717) is 48.4 Å². The van der Waals surface area contributed by atoms with Crippen molar-refractivity contribution in [1.82, 2.24) is 41.0 Å². The molecule has 6 aromatic rings. The number of aryl methyl sites for hydroxylation is 1. The standard InChI is InChI=1S/C68H83F2N8O12PS2/c1-40(42-20-22-44(23-21-42)58-41(2)72-39-92-58)73-61(82)52-34-50(79)37-78(52)64(85)59(66(3,4)5)74-56(80)19-13-10-14-28-71-57(81)38-90-51-26-24-45-32-53(63(84)76-29-15-18-46(35-76)43-16-11-9-12-17-43)77(36-48(45)31-51)65(86)60(67(6,7)8)75-62(83)55-33-47-30-49(25-27-54(47)93-55)68(69,70)91(87,88)89/h9,11-12,16-17,20-27,30-31,33,39-40,46,50,52-53,59-60,79H,10,13-15,18-19,28-29,32,34-38H2,1-8H3,(H,71,81)(H,73,82)(H,74,80)(H,75,83)(H2,87,88,89)/t40-,46-,50+,52-,53-,59+,60+/m0/s1. The highest BCUT2D eigenvalue weighted by atomic mass is 32.1. The van der Waals surface area contributed by atoms with E-state index >= 15 is 4.79 Å². The van der Waals surface area contributed by atoms with Crippen LogP contribution in [0.15, 0.2) is 103 Å². The second kappa shape index (κ2) is 29.0.